The van der Waals surface area contributed by atoms with Gasteiger partial charge in [-0.1, -0.05) is 12.1 Å². The standard InChI is InChI=1S/C12H15N3O/c1-9(16)13-8-4-7-12-14-10-5-2-3-6-11(10)15-12/h2-3,5-6H,4,7-8H2,1H3,(H,13,16)(H,14,15). The maximum atomic E-state index is 10.7. The van der Waals surface area contributed by atoms with Gasteiger partial charge < -0.3 is 10.3 Å². The molecule has 0 saturated heterocycles. The van der Waals surface area contributed by atoms with E-state index < -0.39 is 0 Å². The minimum Gasteiger partial charge on any atom is -0.356 e. The number of fused-ring (bicyclic) bond motifs is 1. The second kappa shape index (κ2) is 4.79. The van der Waals surface area contributed by atoms with Gasteiger partial charge in [-0.3, -0.25) is 4.79 Å². The molecular weight excluding hydrogens is 202 g/mol. The molecule has 16 heavy (non-hydrogen) atoms. The Morgan fingerprint density at radius 1 is 1.44 bits per heavy atom. The molecule has 0 unspecified atom stereocenters. The number of nitrogens with zero attached hydrogens (tertiary/aromatic N) is 1. The van der Waals surface area contributed by atoms with Gasteiger partial charge in [0.25, 0.3) is 0 Å². The summed E-state index contributed by atoms with van der Waals surface area (Å²) in [6.45, 7) is 2.23. The molecule has 0 saturated carbocycles. The molecular formula is C12H15N3O. The number of aryl methyl sites for hydroxylation is 1. The van der Waals surface area contributed by atoms with Crippen molar-refractivity contribution in [2.75, 3.05) is 6.54 Å². The number of aromatic amines is 1. The number of para-hydroxylation sites is 2. The molecule has 0 aliphatic heterocycles. The van der Waals surface area contributed by atoms with Gasteiger partial charge in [-0.15, -0.1) is 0 Å². The van der Waals surface area contributed by atoms with Gasteiger partial charge in [-0.05, 0) is 18.6 Å². The molecule has 1 amide bonds. The van der Waals surface area contributed by atoms with Crippen LogP contribution in [-0.4, -0.2) is 22.4 Å². The first kappa shape index (κ1) is 10.7. The molecule has 1 aromatic heterocycles. The highest BCUT2D eigenvalue weighted by molar-refractivity contribution is 5.74. The number of hydrogen-bond donors (Lipinski definition) is 2. The highest BCUT2D eigenvalue weighted by Crippen LogP contribution is 2.10. The van der Waals surface area contributed by atoms with E-state index in [9.17, 15) is 4.79 Å². The number of nitrogens with one attached hydrogen (secondary N) is 2. The molecule has 0 fully saturated rings. The van der Waals surface area contributed by atoms with E-state index in [0.717, 1.165) is 29.7 Å². The lowest BCUT2D eigenvalue weighted by atomic mass is 10.3. The van der Waals surface area contributed by atoms with E-state index >= 15 is 0 Å². The molecule has 0 aliphatic rings. The molecule has 1 aromatic carbocycles. The van der Waals surface area contributed by atoms with Crippen molar-refractivity contribution in [2.45, 2.75) is 19.8 Å². The SMILES string of the molecule is CC(=O)NCCCc1nc2ccccc2[nH]1. The fourth-order valence-corrected chi connectivity index (χ4v) is 1.64. The number of carbonyl (C=O) groups excluding carboxylic acids is 1. The zero-order valence-corrected chi connectivity index (χ0v) is 9.29. The lowest BCUT2D eigenvalue weighted by Gasteiger charge is -1.99. The number of H-pyrrole nitrogens is 1. The van der Waals surface area contributed by atoms with Crippen molar-refractivity contribution >= 4 is 16.9 Å². The first-order valence-corrected chi connectivity index (χ1v) is 5.44. The van der Waals surface area contributed by atoms with Crippen LogP contribution in [0.4, 0.5) is 0 Å². The van der Waals surface area contributed by atoms with E-state index in [1.165, 1.54) is 6.92 Å². The monoisotopic (exact) mass is 217 g/mol. The van der Waals surface area contributed by atoms with Crippen LogP contribution in [-0.2, 0) is 11.2 Å². The molecule has 4 heteroatoms. The fraction of sp³-hybridized carbons (Fsp3) is 0.333. The number of amides is 1. The smallest absolute Gasteiger partial charge is 0.216 e. The van der Waals surface area contributed by atoms with Crippen LogP contribution in [0, 0.1) is 0 Å². The van der Waals surface area contributed by atoms with Gasteiger partial charge in [0, 0.05) is 19.9 Å². The minimum absolute atomic E-state index is 0.0182. The van der Waals surface area contributed by atoms with Crippen molar-refractivity contribution in [1.82, 2.24) is 15.3 Å². The predicted octanol–water partition coefficient (Wildman–Crippen LogP) is 1.63. The highest BCUT2D eigenvalue weighted by Gasteiger charge is 2.01. The van der Waals surface area contributed by atoms with Crippen LogP contribution in [0.3, 0.4) is 0 Å². The molecule has 1 heterocycles. The van der Waals surface area contributed by atoms with Crippen molar-refractivity contribution in [3.05, 3.63) is 30.1 Å². The van der Waals surface area contributed by atoms with E-state index in [-0.39, 0.29) is 5.91 Å². The van der Waals surface area contributed by atoms with Crippen molar-refractivity contribution in [1.29, 1.82) is 0 Å². The summed E-state index contributed by atoms with van der Waals surface area (Å²) < 4.78 is 0. The van der Waals surface area contributed by atoms with Gasteiger partial charge in [-0.25, -0.2) is 4.98 Å². The molecule has 4 nitrogen and oxygen atoms in total. The molecule has 0 spiro atoms. The zero-order chi connectivity index (χ0) is 11.4. The van der Waals surface area contributed by atoms with Crippen LogP contribution in [0.25, 0.3) is 11.0 Å². The number of rotatable bonds is 4. The highest BCUT2D eigenvalue weighted by atomic mass is 16.1. The lowest BCUT2D eigenvalue weighted by molar-refractivity contribution is -0.118. The summed E-state index contributed by atoms with van der Waals surface area (Å²) in [5.74, 6) is 0.996. The van der Waals surface area contributed by atoms with Crippen LogP contribution >= 0.6 is 0 Å². The molecule has 0 radical (unpaired) electrons. The van der Waals surface area contributed by atoms with Gasteiger partial charge in [0.1, 0.15) is 5.82 Å². The Morgan fingerprint density at radius 2 is 2.25 bits per heavy atom. The van der Waals surface area contributed by atoms with Crippen molar-refractivity contribution in [2.24, 2.45) is 0 Å². The van der Waals surface area contributed by atoms with E-state index in [1.807, 2.05) is 24.3 Å². The van der Waals surface area contributed by atoms with E-state index in [4.69, 9.17) is 0 Å². The van der Waals surface area contributed by atoms with Crippen LogP contribution in [0.5, 0.6) is 0 Å². The third kappa shape index (κ3) is 2.59. The van der Waals surface area contributed by atoms with Crippen LogP contribution in [0.1, 0.15) is 19.2 Å². The third-order valence-corrected chi connectivity index (χ3v) is 2.40. The van der Waals surface area contributed by atoms with Crippen LogP contribution in [0.2, 0.25) is 0 Å². The number of carbonyl (C=O) groups is 1. The molecule has 2 aromatic rings. The number of aromatic nitrogens is 2. The third-order valence-electron chi connectivity index (χ3n) is 2.40. The average Bonchev–Trinajstić information content (AvgIpc) is 2.66. The molecule has 84 valence electrons. The summed E-state index contributed by atoms with van der Waals surface area (Å²) in [4.78, 5) is 18.4. The Kier molecular flexibility index (Phi) is 3.19. The van der Waals surface area contributed by atoms with Crippen LogP contribution in [0.15, 0.2) is 24.3 Å². The molecule has 0 atom stereocenters. The Hall–Kier alpha value is -1.84. The summed E-state index contributed by atoms with van der Waals surface area (Å²) in [5, 5.41) is 2.77. The van der Waals surface area contributed by atoms with E-state index in [2.05, 4.69) is 15.3 Å². The Bertz CT molecular complexity index is 457. The fourth-order valence-electron chi connectivity index (χ4n) is 1.64. The normalized spacial score (nSPS) is 10.6. The van der Waals surface area contributed by atoms with Crippen molar-refractivity contribution in [3.63, 3.8) is 0 Å². The summed E-state index contributed by atoms with van der Waals surface area (Å²) in [6.07, 6.45) is 1.76. The second-order valence-corrected chi connectivity index (χ2v) is 3.79. The van der Waals surface area contributed by atoms with Gasteiger partial charge in [-0.2, -0.15) is 0 Å². The summed E-state index contributed by atoms with van der Waals surface area (Å²) in [5.41, 5.74) is 2.06. The number of hydrogen-bond acceptors (Lipinski definition) is 2. The van der Waals surface area contributed by atoms with Crippen molar-refractivity contribution < 1.29 is 4.79 Å². The Balaban J connectivity index is 1.92. The predicted molar refractivity (Wildman–Crippen MR) is 63.1 cm³/mol. The zero-order valence-electron chi connectivity index (χ0n) is 9.29. The van der Waals surface area contributed by atoms with Crippen LogP contribution < -0.4 is 5.32 Å². The Labute approximate surface area is 94.1 Å². The van der Waals surface area contributed by atoms with Crippen molar-refractivity contribution in [3.8, 4) is 0 Å². The molecule has 0 aliphatic carbocycles. The first-order chi connectivity index (χ1) is 7.75. The van der Waals surface area contributed by atoms with Gasteiger partial charge in [0.15, 0.2) is 0 Å². The summed E-state index contributed by atoms with van der Waals surface area (Å²) >= 11 is 0. The largest absolute Gasteiger partial charge is 0.356 e. The van der Waals surface area contributed by atoms with Gasteiger partial charge in [0.2, 0.25) is 5.91 Å². The molecule has 0 bridgehead atoms. The lowest BCUT2D eigenvalue weighted by Crippen LogP contribution is -2.21. The second-order valence-electron chi connectivity index (χ2n) is 3.79. The van der Waals surface area contributed by atoms with Gasteiger partial charge in [0.05, 0.1) is 11.0 Å². The summed E-state index contributed by atoms with van der Waals surface area (Å²) in [6, 6.07) is 7.97. The maximum absolute atomic E-state index is 10.7. The topological polar surface area (TPSA) is 57.8 Å². The average molecular weight is 217 g/mol. The Morgan fingerprint density at radius 3 is 3.00 bits per heavy atom. The number of benzene rings is 1. The van der Waals surface area contributed by atoms with Gasteiger partial charge >= 0.3 is 0 Å². The maximum Gasteiger partial charge on any atom is 0.216 e. The molecule has 2 rings (SSSR count). The van der Waals surface area contributed by atoms with E-state index in [1.54, 1.807) is 0 Å². The summed E-state index contributed by atoms with van der Waals surface area (Å²) in [7, 11) is 0. The van der Waals surface area contributed by atoms with E-state index in [0.29, 0.717) is 6.54 Å². The minimum atomic E-state index is 0.0182. The quantitative estimate of drug-likeness (QED) is 0.765. The first-order valence-electron chi connectivity index (χ1n) is 5.44. The number of imidazole rings is 1. The molecule has 2 N–H and O–H groups in total.